The van der Waals surface area contributed by atoms with Gasteiger partial charge >= 0.3 is 0 Å². The Bertz CT molecular complexity index is 970. The SMILES string of the molecule is C[Si](C)(c1cccc2c1[nH]c1ccccc12)C1C2CC3CC(C2)CC1C3. The third kappa shape index (κ3) is 2.02. The van der Waals surface area contributed by atoms with Crippen LogP contribution in [0.2, 0.25) is 18.6 Å². The summed E-state index contributed by atoms with van der Waals surface area (Å²) in [5.74, 6) is 4.19. The fourth-order valence-electron chi connectivity index (χ4n) is 7.69. The van der Waals surface area contributed by atoms with Gasteiger partial charge in [0.15, 0.2) is 0 Å². The van der Waals surface area contributed by atoms with Crippen molar-refractivity contribution >= 4 is 35.1 Å². The molecule has 1 heterocycles. The second-order valence-electron chi connectivity index (χ2n) is 10.1. The summed E-state index contributed by atoms with van der Waals surface area (Å²) >= 11 is 0. The zero-order valence-corrected chi connectivity index (χ0v) is 17.0. The second kappa shape index (κ2) is 5.25. The molecule has 0 unspecified atom stereocenters. The molecule has 1 N–H and O–H groups in total. The quantitative estimate of drug-likeness (QED) is 0.535. The summed E-state index contributed by atoms with van der Waals surface area (Å²) in [6.45, 7) is 5.36. The van der Waals surface area contributed by atoms with Gasteiger partial charge < -0.3 is 4.98 Å². The van der Waals surface area contributed by atoms with E-state index in [-0.39, 0.29) is 0 Å². The number of aromatic nitrogens is 1. The molecule has 1 aromatic heterocycles. The van der Waals surface area contributed by atoms with Gasteiger partial charge in [-0.25, -0.2) is 0 Å². The Balaban J connectivity index is 1.51. The van der Waals surface area contributed by atoms with E-state index >= 15 is 0 Å². The molecule has 4 bridgehead atoms. The van der Waals surface area contributed by atoms with Crippen LogP contribution in [-0.4, -0.2) is 13.1 Å². The van der Waals surface area contributed by atoms with Gasteiger partial charge in [0.1, 0.15) is 0 Å². The first-order valence-electron chi connectivity index (χ1n) is 10.6. The maximum Gasteiger partial charge on any atom is 0.0869 e. The summed E-state index contributed by atoms with van der Waals surface area (Å²) in [6, 6.07) is 15.9. The van der Waals surface area contributed by atoms with Crippen molar-refractivity contribution in [2.45, 2.75) is 50.7 Å². The third-order valence-electron chi connectivity index (χ3n) is 8.30. The minimum atomic E-state index is -1.54. The van der Waals surface area contributed by atoms with Crippen LogP contribution in [0.1, 0.15) is 32.1 Å². The largest absolute Gasteiger partial charge is 0.355 e. The fourth-order valence-corrected chi connectivity index (χ4v) is 12.3. The zero-order valence-electron chi connectivity index (χ0n) is 16.0. The van der Waals surface area contributed by atoms with Crippen LogP contribution in [0.3, 0.4) is 0 Å². The van der Waals surface area contributed by atoms with Gasteiger partial charge in [-0.15, -0.1) is 0 Å². The summed E-state index contributed by atoms with van der Waals surface area (Å²) in [7, 11) is -1.54. The van der Waals surface area contributed by atoms with Crippen molar-refractivity contribution in [3.8, 4) is 0 Å². The standard InChI is InChI=1S/C24H29NSi/c1-26(2,24-17-11-15-10-16(13-17)14-18(24)12-15)22-9-5-7-20-19-6-3-4-8-21(19)25-23(20)22/h3-9,15-18,24-25H,10-14H2,1-2H3. The Morgan fingerprint density at radius 1 is 0.769 bits per heavy atom. The molecule has 3 aromatic rings. The number of benzene rings is 2. The van der Waals surface area contributed by atoms with E-state index in [1.165, 1.54) is 47.5 Å². The molecule has 0 saturated heterocycles. The molecular weight excluding hydrogens is 330 g/mol. The molecule has 7 rings (SSSR count). The molecule has 2 aromatic carbocycles. The number of nitrogens with one attached hydrogen (secondary N) is 1. The van der Waals surface area contributed by atoms with Gasteiger partial charge in [0.25, 0.3) is 0 Å². The van der Waals surface area contributed by atoms with E-state index in [0.29, 0.717) is 0 Å². The van der Waals surface area contributed by atoms with Crippen LogP contribution in [0.5, 0.6) is 0 Å². The highest BCUT2D eigenvalue weighted by atomic mass is 28.3. The molecule has 0 atom stereocenters. The Morgan fingerprint density at radius 3 is 2.15 bits per heavy atom. The lowest BCUT2D eigenvalue weighted by Crippen LogP contribution is -2.57. The highest BCUT2D eigenvalue weighted by Crippen LogP contribution is 2.61. The first-order chi connectivity index (χ1) is 12.6. The van der Waals surface area contributed by atoms with Crippen LogP contribution in [-0.2, 0) is 0 Å². The van der Waals surface area contributed by atoms with Crippen LogP contribution in [0, 0.1) is 23.7 Å². The molecule has 0 amide bonds. The van der Waals surface area contributed by atoms with Gasteiger partial charge in [-0.1, -0.05) is 49.5 Å². The monoisotopic (exact) mass is 359 g/mol. The van der Waals surface area contributed by atoms with Gasteiger partial charge in [-0.2, -0.15) is 0 Å². The highest BCUT2D eigenvalue weighted by molar-refractivity contribution is 6.92. The van der Waals surface area contributed by atoms with Gasteiger partial charge in [0.2, 0.25) is 0 Å². The maximum absolute atomic E-state index is 3.81. The molecular formula is C24H29NSi. The zero-order chi connectivity index (χ0) is 17.5. The second-order valence-corrected chi connectivity index (χ2v) is 14.7. The minimum Gasteiger partial charge on any atom is -0.355 e. The first-order valence-corrected chi connectivity index (χ1v) is 13.7. The lowest BCUT2D eigenvalue weighted by molar-refractivity contribution is 0.0180. The summed E-state index contributed by atoms with van der Waals surface area (Å²) in [6.07, 6.45) is 7.71. The molecule has 134 valence electrons. The van der Waals surface area contributed by atoms with E-state index in [9.17, 15) is 0 Å². The Kier molecular flexibility index (Phi) is 3.13. The number of aromatic amines is 1. The number of hydrogen-bond acceptors (Lipinski definition) is 0. The van der Waals surface area contributed by atoms with Crippen molar-refractivity contribution in [3.63, 3.8) is 0 Å². The molecule has 0 spiro atoms. The van der Waals surface area contributed by atoms with E-state index in [2.05, 4.69) is 60.5 Å². The molecule has 4 fully saturated rings. The number of rotatable bonds is 2. The number of para-hydroxylation sites is 2. The molecule has 0 radical (unpaired) electrons. The van der Waals surface area contributed by atoms with Crippen LogP contribution in [0.4, 0.5) is 0 Å². The summed E-state index contributed by atoms with van der Waals surface area (Å²) < 4.78 is 0. The van der Waals surface area contributed by atoms with Crippen molar-refractivity contribution in [2.24, 2.45) is 23.7 Å². The topological polar surface area (TPSA) is 15.8 Å². The van der Waals surface area contributed by atoms with E-state index in [1.54, 1.807) is 11.6 Å². The van der Waals surface area contributed by atoms with Gasteiger partial charge in [-0.3, -0.25) is 0 Å². The summed E-state index contributed by atoms with van der Waals surface area (Å²) in [5.41, 5.74) is 3.73. The van der Waals surface area contributed by atoms with E-state index < -0.39 is 8.07 Å². The van der Waals surface area contributed by atoms with E-state index in [0.717, 1.165) is 29.2 Å². The van der Waals surface area contributed by atoms with Crippen LogP contribution in [0.25, 0.3) is 21.8 Å². The minimum absolute atomic E-state index is 0.993. The fraction of sp³-hybridized carbons (Fsp3) is 0.500. The predicted molar refractivity (Wildman–Crippen MR) is 114 cm³/mol. The average molecular weight is 360 g/mol. The predicted octanol–water partition coefficient (Wildman–Crippen LogP) is 6.06. The van der Waals surface area contributed by atoms with Crippen molar-refractivity contribution in [1.29, 1.82) is 0 Å². The lowest BCUT2D eigenvalue weighted by atomic mass is 9.56. The smallest absolute Gasteiger partial charge is 0.0869 e. The summed E-state index contributed by atoms with van der Waals surface area (Å²) in [5, 5.41) is 4.50. The Hall–Kier alpha value is -1.54. The molecule has 4 saturated carbocycles. The third-order valence-corrected chi connectivity index (χ3v) is 12.7. The number of fused-ring (bicyclic) bond motifs is 3. The van der Waals surface area contributed by atoms with Crippen LogP contribution >= 0.6 is 0 Å². The van der Waals surface area contributed by atoms with Crippen molar-refractivity contribution in [3.05, 3.63) is 42.5 Å². The van der Waals surface area contributed by atoms with Crippen molar-refractivity contribution in [1.82, 2.24) is 4.98 Å². The highest BCUT2D eigenvalue weighted by Gasteiger charge is 2.54. The number of hydrogen-bond donors (Lipinski definition) is 1. The molecule has 4 aliphatic carbocycles. The summed E-state index contributed by atoms with van der Waals surface area (Å²) in [4.78, 5) is 3.81. The van der Waals surface area contributed by atoms with Crippen molar-refractivity contribution < 1.29 is 0 Å². The number of H-pyrrole nitrogens is 1. The van der Waals surface area contributed by atoms with Crippen molar-refractivity contribution in [2.75, 3.05) is 0 Å². The molecule has 4 aliphatic rings. The van der Waals surface area contributed by atoms with Gasteiger partial charge in [-0.05, 0) is 72.6 Å². The molecule has 1 nitrogen and oxygen atoms in total. The molecule has 2 heteroatoms. The Morgan fingerprint density at radius 2 is 1.42 bits per heavy atom. The Labute approximate surface area is 157 Å². The van der Waals surface area contributed by atoms with Gasteiger partial charge in [0, 0.05) is 21.8 Å². The average Bonchev–Trinajstić information content (AvgIpc) is 2.99. The molecule has 0 aliphatic heterocycles. The first kappa shape index (κ1) is 15.5. The lowest BCUT2D eigenvalue weighted by Gasteiger charge is -2.58. The molecule has 26 heavy (non-hydrogen) atoms. The van der Waals surface area contributed by atoms with Crippen LogP contribution < -0.4 is 5.19 Å². The van der Waals surface area contributed by atoms with Gasteiger partial charge in [0.05, 0.1) is 8.07 Å². The normalized spacial score (nSPS) is 33.4. The van der Waals surface area contributed by atoms with E-state index in [4.69, 9.17) is 0 Å². The van der Waals surface area contributed by atoms with Crippen LogP contribution in [0.15, 0.2) is 42.5 Å². The maximum atomic E-state index is 3.81. The van der Waals surface area contributed by atoms with E-state index in [1.807, 2.05) is 0 Å².